The predicted molar refractivity (Wildman–Crippen MR) is 81.9 cm³/mol. The van der Waals surface area contributed by atoms with E-state index in [-0.39, 0.29) is 18.2 Å². The molecule has 0 aromatic heterocycles. The number of benzene rings is 2. The van der Waals surface area contributed by atoms with Gasteiger partial charge in [0.25, 0.3) is 0 Å². The summed E-state index contributed by atoms with van der Waals surface area (Å²) >= 11 is 0. The van der Waals surface area contributed by atoms with Gasteiger partial charge in [0.15, 0.2) is 0 Å². The molecule has 0 N–H and O–H groups in total. The third-order valence-corrected chi connectivity index (χ3v) is 3.74. The molecule has 1 aliphatic heterocycles. The Labute approximate surface area is 129 Å². The Hall–Kier alpha value is -2.49. The van der Waals surface area contributed by atoms with Crippen LogP contribution < -0.4 is 9.47 Å². The van der Waals surface area contributed by atoms with E-state index in [1.54, 1.807) is 7.11 Å². The smallest absolute Gasteiger partial charge is 0.303 e. The summed E-state index contributed by atoms with van der Waals surface area (Å²) in [6.45, 7) is 1.43. The Kier molecular flexibility index (Phi) is 4.00. The molecular weight excluding hydrogens is 280 g/mol. The third kappa shape index (κ3) is 2.91. The van der Waals surface area contributed by atoms with Gasteiger partial charge in [-0.25, -0.2) is 0 Å². The van der Waals surface area contributed by atoms with Crippen molar-refractivity contribution in [3.63, 3.8) is 0 Å². The molecule has 4 nitrogen and oxygen atoms in total. The van der Waals surface area contributed by atoms with Gasteiger partial charge in [-0.2, -0.15) is 0 Å². The lowest BCUT2D eigenvalue weighted by Gasteiger charge is -2.32. The molecule has 0 spiro atoms. The zero-order valence-electron chi connectivity index (χ0n) is 12.6. The minimum absolute atomic E-state index is 0.148. The maximum atomic E-state index is 11.4. The van der Waals surface area contributed by atoms with Crippen LogP contribution in [0, 0.1) is 0 Å². The second-order valence-corrected chi connectivity index (χ2v) is 5.25. The number of hydrogen-bond acceptors (Lipinski definition) is 4. The first-order valence-electron chi connectivity index (χ1n) is 7.24. The van der Waals surface area contributed by atoms with Crippen LogP contribution in [0.1, 0.15) is 36.7 Å². The predicted octanol–water partition coefficient (Wildman–Crippen LogP) is 3.82. The summed E-state index contributed by atoms with van der Waals surface area (Å²) in [4.78, 5) is 11.4. The van der Waals surface area contributed by atoms with Gasteiger partial charge in [0, 0.05) is 25.0 Å². The number of fused-ring (bicyclic) bond motifs is 1. The van der Waals surface area contributed by atoms with Crippen molar-refractivity contribution in [3.8, 4) is 11.5 Å². The summed E-state index contributed by atoms with van der Waals surface area (Å²) in [5.74, 6) is 1.13. The number of methoxy groups -OCH3 is 1. The average Bonchev–Trinajstić information content (AvgIpc) is 2.54. The van der Waals surface area contributed by atoms with Crippen molar-refractivity contribution in [1.29, 1.82) is 0 Å². The van der Waals surface area contributed by atoms with Crippen molar-refractivity contribution in [2.45, 2.75) is 25.6 Å². The zero-order valence-corrected chi connectivity index (χ0v) is 12.6. The third-order valence-electron chi connectivity index (χ3n) is 3.74. The van der Waals surface area contributed by atoms with Crippen LogP contribution in [-0.4, -0.2) is 13.1 Å². The first-order chi connectivity index (χ1) is 10.7. The number of esters is 1. The van der Waals surface area contributed by atoms with Gasteiger partial charge in [-0.3, -0.25) is 4.79 Å². The quantitative estimate of drug-likeness (QED) is 0.808. The molecule has 2 aromatic rings. The number of carbonyl (C=O) groups excluding carboxylic acids is 1. The van der Waals surface area contributed by atoms with E-state index in [0.29, 0.717) is 17.9 Å². The lowest BCUT2D eigenvalue weighted by molar-refractivity contribution is -0.149. The van der Waals surface area contributed by atoms with E-state index in [9.17, 15) is 4.79 Å². The van der Waals surface area contributed by atoms with E-state index in [2.05, 4.69) is 0 Å². The molecule has 2 atom stereocenters. The average molecular weight is 298 g/mol. The first kappa shape index (κ1) is 14.4. The largest absolute Gasteiger partial charge is 0.497 e. The second-order valence-electron chi connectivity index (χ2n) is 5.25. The Morgan fingerprint density at radius 1 is 1.18 bits per heavy atom. The summed E-state index contributed by atoms with van der Waals surface area (Å²) < 4.78 is 16.8. The highest BCUT2D eigenvalue weighted by molar-refractivity contribution is 5.66. The van der Waals surface area contributed by atoms with E-state index in [1.807, 2.05) is 48.5 Å². The second kappa shape index (κ2) is 6.10. The van der Waals surface area contributed by atoms with Gasteiger partial charge in [0.05, 0.1) is 7.11 Å². The molecule has 0 fully saturated rings. The Morgan fingerprint density at radius 2 is 1.95 bits per heavy atom. The molecular formula is C18H18O4. The van der Waals surface area contributed by atoms with Crippen molar-refractivity contribution in [2.24, 2.45) is 0 Å². The normalized spacial score (nSPS) is 19.7. The minimum atomic E-state index is -0.308. The van der Waals surface area contributed by atoms with Crippen molar-refractivity contribution in [3.05, 3.63) is 59.7 Å². The van der Waals surface area contributed by atoms with Crippen LogP contribution in [-0.2, 0) is 9.53 Å². The summed E-state index contributed by atoms with van der Waals surface area (Å²) in [6.07, 6.45) is 0.144. The van der Waals surface area contributed by atoms with Gasteiger partial charge in [-0.05, 0) is 17.7 Å². The fraction of sp³-hybridized carbons (Fsp3) is 0.278. The zero-order chi connectivity index (χ0) is 15.5. The van der Waals surface area contributed by atoms with Crippen molar-refractivity contribution in [1.82, 2.24) is 0 Å². The maximum absolute atomic E-state index is 11.4. The van der Waals surface area contributed by atoms with Crippen LogP contribution in [0.2, 0.25) is 0 Å². The van der Waals surface area contributed by atoms with E-state index in [1.165, 1.54) is 6.92 Å². The number of ether oxygens (including phenoxy) is 3. The van der Waals surface area contributed by atoms with Gasteiger partial charge < -0.3 is 14.2 Å². The Morgan fingerprint density at radius 3 is 2.64 bits per heavy atom. The summed E-state index contributed by atoms with van der Waals surface area (Å²) in [7, 11) is 1.61. The number of hydrogen-bond donors (Lipinski definition) is 0. The van der Waals surface area contributed by atoms with Crippen LogP contribution >= 0.6 is 0 Å². The molecule has 22 heavy (non-hydrogen) atoms. The van der Waals surface area contributed by atoms with Crippen LogP contribution in [0.25, 0.3) is 0 Å². The van der Waals surface area contributed by atoms with E-state index in [0.717, 1.165) is 11.1 Å². The molecule has 0 aliphatic carbocycles. The van der Waals surface area contributed by atoms with Crippen LogP contribution in [0.4, 0.5) is 0 Å². The highest BCUT2D eigenvalue weighted by Crippen LogP contribution is 2.44. The van der Waals surface area contributed by atoms with Crippen molar-refractivity contribution < 1.29 is 19.0 Å². The lowest BCUT2D eigenvalue weighted by Crippen LogP contribution is -2.22. The van der Waals surface area contributed by atoms with Gasteiger partial charge in [-0.15, -0.1) is 0 Å². The standard InChI is InChI=1S/C18H18O4/c1-12(19)21-18-11-16(13-6-4-3-5-7-13)22-17-10-14(20-2)8-9-15(17)18/h3-10,16,18H,11H2,1-2H3/t16-,18+/m0/s1. The molecule has 0 unspecified atom stereocenters. The fourth-order valence-electron chi connectivity index (χ4n) is 2.72. The minimum Gasteiger partial charge on any atom is -0.497 e. The van der Waals surface area contributed by atoms with Crippen LogP contribution in [0.15, 0.2) is 48.5 Å². The highest BCUT2D eigenvalue weighted by Gasteiger charge is 2.31. The molecule has 114 valence electrons. The Bertz CT molecular complexity index is 666. The summed E-state index contributed by atoms with van der Waals surface area (Å²) in [6, 6.07) is 15.5. The van der Waals surface area contributed by atoms with Crippen LogP contribution in [0.5, 0.6) is 11.5 Å². The molecule has 3 rings (SSSR count). The molecule has 0 bridgehead atoms. The van der Waals surface area contributed by atoms with Crippen molar-refractivity contribution >= 4 is 5.97 Å². The van der Waals surface area contributed by atoms with E-state index in [4.69, 9.17) is 14.2 Å². The molecule has 1 aliphatic rings. The fourth-order valence-corrected chi connectivity index (χ4v) is 2.72. The molecule has 4 heteroatoms. The van der Waals surface area contributed by atoms with Gasteiger partial charge in [-0.1, -0.05) is 30.3 Å². The maximum Gasteiger partial charge on any atom is 0.303 e. The SMILES string of the molecule is COc1ccc2c(c1)O[C@H](c1ccccc1)C[C@H]2OC(C)=O. The topological polar surface area (TPSA) is 44.8 Å². The van der Waals surface area contributed by atoms with Crippen molar-refractivity contribution in [2.75, 3.05) is 7.11 Å². The number of rotatable bonds is 3. The summed E-state index contributed by atoms with van der Waals surface area (Å²) in [5.41, 5.74) is 1.94. The lowest BCUT2D eigenvalue weighted by atomic mass is 9.94. The molecule has 2 aromatic carbocycles. The van der Waals surface area contributed by atoms with Crippen LogP contribution in [0.3, 0.4) is 0 Å². The van der Waals surface area contributed by atoms with Gasteiger partial charge in [0.1, 0.15) is 23.7 Å². The van der Waals surface area contributed by atoms with Gasteiger partial charge in [0.2, 0.25) is 0 Å². The van der Waals surface area contributed by atoms with E-state index < -0.39 is 0 Å². The van der Waals surface area contributed by atoms with E-state index >= 15 is 0 Å². The molecule has 0 radical (unpaired) electrons. The van der Waals surface area contributed by atoms with Gasteiger partial charge >= 0.3 is 5.97 Å². The highest BCUT2D eigenvalue weighted by atomic mass is 16.6. The Balaban J connectivity index is 1.97. The molecule has 0 saturated heterocycles. The molecule has 1 heterocycles. The molecule has 0 saturated carbocycles. The first-order valence-corrected chi connectivity index (χ1v) is 7.24. The molecule has 0 amide bonds. The summed E-state index contributed by atoms with van der Waals surface area (Å²) in [5, 5.41) is 0. The monoisotopic (exact) mass is 298 g/mol. The number of carbonyl (C=O) groups is 1.